The highest BCUT2D eigenvalue weighted by molar-refractivity contribution is 5.73. The number of aryl methyl sites for hydroxylation is 2. The zero-order valence-corrected chi connectivity index (χ0v) is 29.5. The van der Waals surface area contributed by atoms with Crippen LogP contribution in [0.2, 0.25) is 0 Å². The van der Waals surface area contributed by atoms with E-state index in [1.165, 1.54) is 30.6 Å². The lowest BCUT2D eigenvalue weighted by Gasteiger charge is -2.20. The molecule has 0 amide bonds. The van der Waals surface area contributed by atoms with Gasteiger partial charge in [-0.05, 0) is 90.1 Å². The number of benzene rings is 3. The Bertz CT molecular complexity index is 1330. The van der Waals surface area contributed by atoms with Crippen LogP contribution in [-0.2, 0) is 23.2 Å². The molecule has 0 radical (unpaired) electrons. The number of hydrogen-bond acceptors (Lipinski definition) is 5. The van der Waals surface area contributed by atoms with Crippen molar-refractivity contribution in [1.29, 1.82) is 0 Å². The van der Waals surface area contributed by atoms with E-state index in [0.717, 1.165) is 35.1 Å². The molecule has 0 bridgehead atoms. The lowest BCUT2D eigenvalue weighted by Crippen LogP contribution is -2.29. The molecule has 5 rings (SSSR count). The van der Waals surface area contributed by atoms with Crippen LogP contribution in [0.1, 0.15) is 82.7 Å². The number of aliphatic carboxylic acids is 1. The first-order chi connectivity index (χ1) is 21.9. The number of rotatable bonds is 10. The summed E-state index contributed by atoms with van der Waals surface area (Å²) < 4.78 is 24.9. The van der Waals surface area contributed by atoms with E-state index in [2.05, 4.69) is 32.6 Å². The Labute approximate surface area is 277 Å². The molecule has 46 heavy (non-hydrogen) atoms. The molecule has 3 aromatic rings. The summed E-state index contributed by atoms with van der Waals surface area (Å²) in [5, 5.41) is 9.49. The predicted octanol–water partition coefficient (Wildman–Crippen LogP) is 8.34. The highest BCUT2D eigenvalue weighted by atomic mass is 19.1. The van der Waals surface area contributed by atoms with Gasteiger partial charge in [0.15, 0.2) is 6.10 Å². The quantitative estimate of drug-likeness (QED) is 0.233. The maximum absolute atomic E-state index is 13.8. The summed E-state index contributed by atoms with van der Waals surface area (Å²) in [6, 6.07) is 18.6. The Morgan fingerprint density at radius 1 is 0.935 bits per heavy atom. The molecule has 254 valence electrons. The van der Waals surface area contributed by atoms with Crippen molar-refractivity contribution in [2.45, 2.75) is 93.2 Å². The minimum Gasteiger partial charge on any atom is -0.492 e. The smallest absolute Gasteiger partial charge is 0.345 e. The number of hydrogen-bond donors (Lipinski definition) is 2. The third kappa shape index (κ3) is 12.1. The fourth-order valence-corrected chi connectivity index (χ4v) is 5.32. The third-order valence-electron chi connectivity index (χ3n) is 8.12. The lowest BCUT2D eigenvalue weighted by atomic mass is 9.87. The number of carbonyl (C=O) groups is 1. The Kier molecular flexibility index (Phi) is 15.7. The molecule has 3 N–H and O–H groups in total. The van der Waals surface area contributed by atoms with Crippen LogP contribution in [0.15, 0.2) is 60.7 Å². The molecule has 1 saturated carbocycles. The zero-order chi connectivity index (χ0) is 34.4. The van der Waals surface area contributed by atoms with Gasteiger partial charge in [0, 0.05) is 38.2 Å². The minimum atomic E-state index is -0.992. The van der Waals surface area contributed by atoms with Crippen LogP contribution in [0.25, 0.3) is 0 Å². The van der Waals surface area contributed by atoms with Crippen molar-refractivity contribution in [3.63, 3.8) is 0 Å². The summed E-state index contributed by atoms with van der Waals surface area (Å²) in [6.07, 6.45) is 0.727. The van der Waals surface area contributed by atoms with Gasteiger partial charge in [-0.1, -0.05) is 78.8 Å². The van der Waals surface area contributed by atoms with E-state index in [1.807, 2.05) is 89.2 Å². The standard InChI is InChI=1S/C21H27NO4.C14H18FN.2C2H6/c1-21(2,3)16-6-10-18(11-7-16)26-19(20(23)24)14-15-4-8-17(9-5-15)25-13-12-22;1-9-3-13(14(15)4-10(9)2)8-16-6-11-5-12(11)7-16;2*1-2/h4-11,19H,12-14,22H2,1-3H3,(H,23,24);3-4,11-12H,5-8H2,1-2H3;2*1-2H3. The lowest BCUT2D eigenvalue weighted by molar-refractivity contribution is -0.145. The molecule has 2 aliphatic rings. The first-order valence-corrected chi connectivity index (χ1v) is 16.8. The number of ether oxygens (including phenoxy) is 2. The largest absolute Gasteiger partial charge is 0.492 e. The van der Waals surface area contributed by atoms with Crippen molar-refractivity contribution in [1.82, 2.24) is 4.90 Å². The molecule has 1 aliphatic carbocycles. The number of carboxylic acid groups (broad SMARTS) is 1. The third-order valence-corrected chi connectivity index (χ3v) is 8.12. The molecule has 1 aliphatic heterocycles. The van der Waals surface area contributed by atoms with E-state index < -0.39 is 12.1 Å². The van der Waals surface area contributed by atoms with Gasteiger partial charge in [0.2, 0.25) is 0 Å². The monoisotopic (exact) mass is 636 g/mol. The van der Waals surface area contributed by atoms with E-state index in [9.17, 15) is 14.3 Å². The van der Waals surface area contributed by atoms with Crippen LogP contribution in [0.4, 0.5) is 4.39 Å². The SMILES string of the molecule is CC.CC.CC(C)(C)c1ccc(OC(Cc2ccc(OCCN)cc2)C(=O)O)cc1.Cc1cc(F)c(CN2CC3CC3C2)cc1C. The summed E-state index contributed by atoms with van der Waals surface area (Å²) in [7, 11) is 0. The summed E-state index contributed by atoms with van der Waals surface area (Å²) in [5.41, 5.74) is 10.6. The number of likely N-dealkylation sites (tertiary alicyclic amines) is 1. The zero-order valence-electron chi connectivity index (χ0n) is 29.5. The van der Waals surface area contributed by atoms with Crippen LogP contribution >= 0.6 is 0 Å². The van der Waals surface area contributed by atoms with Crippen molar-refractivity contribution in [3.05, 3.63) is 94.3 Å². The number of nitrogens with two attached hydrogens (primary N) is 1. The van der Waals surface area contributed by atoms with Crippen molar-refractivity contribution in [2.75, 3.05) is 26.2 Å². The Morgan fingerprint density at radius 3 is 2.00 bits per heavy atom. The van der Waals surface area contributed by atoms with Gasteiger partial charge in [0.05, 0.1) is 0 Å². The van der Waals surface area contributed by atoms with Gasteiger partial charge in [-0.2, -0.15) is 0 Å². The maximum atomic E-state index is 13.8. The summed E-state index contributed by atoms with van der Waals surface area (Å²) in [4.78, 5) is 14.0. The molecule has 0 aromatic heterocycles. The van der Waals surface area contributed by atoms with Crippen LogP contribution in [0, 0.1) is 31.5 Å². The molecule has 3 unspecified atom stereocenters. The molecule has 6 nitrogen and oxygen atoms in total. The highest BCUT2D eigenvalue weighted by Gasteiger charge is 2.44. The molecular weight excluding hydrogens is 579 g/mol. The van der Waals surface area contributed by atoms with Gasteiger partial charge < -0.3 is 20.3 Å². The molecule has 1 saturated heterocycles. The summed E-state index contributed by atoms with van der Waals surface area (Å²) in [6.45, 7) is 22.5. The van der Waals surface area contributed by atoms with Crippen molar-refractivity contribution in [3.8, 4) is 11.5 Å². The average molecular weight is 637 g/mol. The average Bonchev–Trinajstić information content (AvgIpc) is 3.66. The Morgan fingerprint density at radius 2 is 1.48 bits per heavy atom. The van der Waals surface area contributed by atoms with Crippen LogP contribution < -0.4 is 15.2 Å². The fraction of sp³-hybridized carbons (Fsp3) is 0.513. The van der Waals surface area contributed by atoms with E-state index in [0.29, 0.717) is 24.7 Å². The molecule has 3 aromatic carbocycles. The molecular formula is C39H57FN2O4. The minimum absolute atomic E-state index is 0.0383. The van der Waals surface area contributed by atoms with E-state index in [4.69, 9.17) is 15.2 Å². The predicted molar refractivity (Wildman–Crippen MR) is 187 cm³/mol. The van der Waals surface area contributed by atoms with Crippen molar-refractivity contribution in [2.24, 2.45) is 17.6 Å². The number of halogens is 1. The maximum Gasteiger partial charge on any atom is 0.345 e. The van der Waals surface area contributed by atoms with Gasteiger partial charge >= 0.3 is 5.97 Å². The van der Waals surface area contributed by atoms with Crippen molar-refractivity contribution < 1.29 is 23.8 Å². The number of nitrogens with zero attached hydrogens (tertiary/aromatic N) is 1. The normalized spacial score (nSPS) is 17.1. The van der Waals surface area contributed by atoms with Crippen LogP contribution in [0.3, 0.4) is 0 Å². The first-order valence-electron chi connectivity index (χ1n) is 16.8. The molecule has 7 heteroatoms. The number of piperidine rings is 1. The van der Waals surface area contributed by atoms with E-state index >= 15 is 0 Å². The topological polar surface area (TPSA) is 85.0 Å². The van der Waals surface area contributed by atoms with Crippen molar-refractivity contribution >= 4 is 5.97 Å². The molecule has 1 heterocycles. The van der Waals surface area contributed by atoms with Gasteiger partial charge in [0.25, 0.3) is 0 Å². The summed E-state index contributed by atoms with van der Waals surface area (Å²) in [5.74, 6) is 2.08. The van der Waals surface area contributed by atoms with E-state index in [-0.39, 0.29) is 17.7 Å². The number of carboxylic acids is 1. The van der Waals surface area contributed by atoms with Gasteiger partial charge in [-0.15, -0.1) is 0 Å². The van der Waals surface area contributed by atoms with Gasteiger partial charge in [0.1, 0.15) is 23.9 Å². The second-order valence-electron chi connectivity index (χ2n) is 12.7. The summed E-state index contributed by atoms with van der Waals surface area (Å²) >= 11 is 0. The second kappa shape index (κ2) is 18.7. The highest BCUT2D eigenvalue weighted by Crippen LogP contribution is 2.45. The second-order valence-corrected chi connectivity index (χ2v) is 12.7. The Balaban J connectivity index is 0.000000313. The first kappa shape index (κ1) is 38.8. The van der Waals surface area contributed by atoms with E-state index in [1.54, 1.807) is 6.07 Å². The molecule has 2 fully saturated rings. The number of fused-ring (bicyclic) bond motifs is 1. The molecule has 3 atom stereocenters. The van der Waals surface area contributed by atoms with Gasteiger partial charge in [-0.3, -0.25) is 4.90 Å². The Hall–Kier alpha value is -3.42. The van der Waals surface area contributed by atoms with Crippen LogP contribution in [-0.4, -0.2) is 48.3 Å². The molecule has 0 spiro atoms. The van der Waals surface area contributed by atoms with Gasteiger partial charge in [-0.25, -0.2) is 9.18 Å². The fourth-order valence-electron chi connectivity index (χ4n) is 5.32. The van der Waals surface area contributed by atoms with Crippen LogP contribution in [0.5, 0.6) is 11.5 Å².